The zero-order chi connectivity index (χ0) is 24.1. The molecule has 5 aromatic rings. The fraction of sp³-hybridized carbons (Fsp3) is 0.143. The van der Waals surface area contributed by atoms with Crippen molar-refractivity contribution in [2.45, 2.75) is 19.5 Å². The van der Waals surface area contributed by atoms with Gasteiger partial charge in [0.25, 0.3) is 0 Å². The maximum atomic E-state index is 12.9. The summed E-state index contributed by atoms with van der Waals surface area (Å²) in [6, 6.07) is 22.5. The Morgan fingerprint density at radius 1 is 0.914 bits per heavy atom. The molecule has 7 heteroatoms. The van der Waals surface area contributed by atoms with Crippen LogP contribution in [0.2, 0.25) is 0 Å². The fourth-order valence-electron chi connectivity index (χ4n) is 4.65. The maximum Gasteiger partial charge on any atom is 0.344 e. The Balaban J connectivity index is 1.50. The summed E-state index contributed by atoms with van der Waals surface area (Å²) >= 11 is 3.46. The Morgan fingerprint density at radius 3 is 2.57 bits per heavy atom. The van der Waals surface area contributed by atoms with E-state index in [0.717, 1.165) is 15.4 Å². The van der Waals surface area contributed by atoms with Crippen molar-refractivity contribution in [3.63, 3.8) is 0 Å². The maximum absolute atomic E-state index is 12.9. The first kappa shape index (κ1) is 21.8. The molecule has 0 radical (unpaired) electrons. The summed E-state index contributed by atoms with van der Waals surface area (Å²) in [7, 11) is 0. The third-order valence-electron chi connectivity index (χ3n) is 6.53. The number of ether oxygens (including phenoxy) is 1. The first-order valence-electron chi connectivity index (χ1n) is 11.2. The molecule has 174 valence electrons. The fourth-order valence-corrected chi connectivity index (χ4v) is 5.02. The molecule has 6 nitrogen and oxygen atoms in total. The van der Waals surface area contributed by atoms with Crippen molar-refractivity contribution in [2.75, 3.05) is 6.73 Å². The number of fused-ring (bicyclic) bond motifs is 4. The standard InChI is InChI=1S/C28H20BrNO5/c1-16(17-5-3-2-4-6-17)30-14-23-25(33-15-30)10-8-20-21(13-26(31)35-27(20)23)22-12-18-11-19(29)7-9-24(18)34-28(22)32/h2-13,16H,14-15H2,1H3. The number of nitrogens with zero attached hydrogens (tertiary/aromatic N) is 1. The predicted molar refractivity (Wildman–Crippen MR) is 138 cm³/mol. The van der Waals surface area contributed by atoms with Gasteiger partial charge < -0.3 is 13.6 Å². The van der Waals surface area contributed by atoms with Gasteiger partial charge in [-0.1, -0.05) is 46.3 Å². The molecule has 3 aromatic carbocycles. The van der Waals surface area contributed by atoms with E-state index in [4.69, 9.17) is 13.6 Å². The number of hydrogen-bond donors (Lipinski definition) is 0. The number of halogens is 1. The summed E-state index contributed by atoms with van der Waals surface area (Å²) in [5.41, 5.74) is 2.57. The van der Waals surface area contributed by atoms with Gasteiger partial charge in [0.1, 0.15) is 23.6 Å². The third kappa shape index (κ3) is 3.87. The highest BCUT2D eigenvalue weighted by molar-refractivity contribution is 9.10. The molecular formula is C28H20BrNO5. The quantitative estimate of drug-likeness (QED) is 0.257. The molecule has 1 aliphatic rings. The van der Waals surface area contributed by atoms with Gasteiger partial charge in [-0.05, 0) is 48.9 Å². The van der Waals surface area contributed by atoms with Gasteiger partial charge in [-0.25, -0.2) is 9.59 Å². The highest BCUT2D eigenvalue weighted by Gasteiger charge is 2.26. The highest BCUT2D eigenvalue weighted by Crippen LogP contribution is 2.38. The Kier molecular flexibility index (Phi) is 5.31. The summed E-state index contributed by atoms with van der Waals surface area (Å²) in [6.45, 7) is 3.07. The lowest BCUT2D eigenvalue weighted by Crippen LogP contribution is -2.34. The average molecular weight is 530 g/mol. The normalized spacial score (nSPS) is 14.6. The van der Waals surface area contributed by atoms with E-state index in [1.807, 2.05) is 42.5 Å². The van der Waals surface area contributed by atoms with E-state index < -0.39 is 11.3 Å². The second-order valence-corrected chi connectivity index (χ2v) is 9.55. The van der Waals surface area contributed by atoms with E-state index in [9.17, 15) is 9.59 Å². The van der Waals surface area contributed by atoms with E-state index in [-0.39, 0.29) is 6.04 Å². The Labute approximate surface area is 208 Å². The predicted octanol–water partition coefficient (Wildman–Crippen LogP) is 6.24. The van der Waals surface area contributed by atoms with Crippen molar-refractivity contribution in [1.29, 1.82) is 0 Å². The number of rotatable bonds is 3. The van der Waals surface area contributed by atoms with E-state index in [1.54, 1.807) is 12.1 Å². The van der Waals surface area contributed by atoms with Gasteiger partial charge in [0.05, 0.1) is 11.1 Å². The SMILES string of the molecule is CC(c1ccccc1)N1COc2ccc3c(-c4cc5cc(Br)ccc5oc4=O)cc(=O)oc3c2C1. The Bertz CT molecular complexity index is 1710. The molecule has 1 atom stereocenters. The zero-order valence-electron chi connectivity index (χ0n) is 18.8. The van der Waals surface area contributed by atoms with Crippen LogP contribution in [-0.2, 0) is 6.54 Å². The van der Waals surface area contributed by atoms with Gasteiger partial charge in [-0.3, -0.25) is 4.90 Å². The van der Waals surface area contributed by atoms with Crippen LogP contribution in [-0.4, -0.2) is 11.6 Å². The van der Waals surface area contributed by atoms with E-state index in [1.165, 1.54) is 11.6 Å². The van der Waals surface area contributed by atoms with Gasteiger partial charge >= 0.3 is 11.3 Å². The lowest BCUT2D eigenvalue weighted by Gasteiger charge is -2.34. The summed E-state index contributed by atoms with van der Waals surface area (Å²) in [5.74, 6) is 0.670. The molecule has 0 saturated heterocycles. The Morgan fingerprint density at radius 2 is 1.74 bits per heavy atom. The average Bonchev–Trinajstić information content (AvgIpc) is 2.88. The van der Waals surface area contributed by atoms with Crippen LogP contribution in [0, 0.1) is 0 Å². The van der Waals surface area contributed by atoms with Crippen LogP contribution in [0.15, 0.2) is 95.7 Å². The van der Waals surface area contributed by atoms with Crippen LogP contribution in [0.3, 0.4) is 0 Å². The number of benzene rings is 3. The lowest BCUT2D eigenvalue weighted by molar-refractivity contribution is 0.0620. The van der Waals surface area contributed by atoms with Crippen molar-refractivity contribution in [2.24, 2.45) is 0 Å². The van der Waals surface area contributed by atoms with Crippen molar-refractivity contribution in [3.8, 4) is 16.9 Å². The first-order chi connectivity index (χ1) is 17.0. The molecular weight excluding hydrogens is 510 g/mol. The van der Waals surface area contributed by atoms with Crippen molar-refractivity contribution >= 4 is 37.9 Å². The van der Waals surface area contributed by atoms with Gasteiger partial charge in [0, 0.05) is 39.5 Å². The second kappa shape index (κ2) is 8.52. The largest absolute Gasteiger partial charge is 0.478 e. The van der Waals surface area contributed by atoms with Crippen molar-refractivity contribution in [1.82, 2.24) is 4.90 Å². The zero-order valence-corrected chi connectivity index (χ0v) is 20.4. The molecule has 0 saturated carbocycles. The molecule has 0 N–H and O–H groups in total. The monoisotopic (exact) mass is 529 g/mol. The van der Waals surface area contributed by atoms with Crippen molar-refractivity contribution < 1.29 is 13.6 Å². The minimum Gasteiger partial charge on any atom is -0.478 e. The van der Waals surface area contributed by atoms with Gasteiger partial charge in [-0.15, -0.1) is 0 Å². The molecule has 0 aliphatic carbocycles. The number of hydrogen-bond acceptors (Lipinski definition) is 6. The molecule has 0 bridgehead atoms. The third-order valence-corrected chi connectivity index (χ3v) is 7.03. The van der Waals surface area contributed by atoms with Gasteiger partial charge in [0.2, 0.25) is 0 Å². The van der Waals surface area contributed by atoms with E-state index >= 15 is 0 Å². The van der Waals surface area contributed by atoms with Crippen LogP contribution in [0.4, 0.5) is 0 Å². The molecule has 2 aromatic heterocycles. The summed E-state index contributed by atoms with van der Waals surface area (Å²) in [4.78, 5) is 27.8. The van der Waals surface area contributed by atoms with Gasteiger partial charge in [0.15, 0.2) is 0 Å². The minimum atomic E-state index is -0.539. The topological polar surface area (TPSA) is 72.9 Å². The second-order valence-electron chi connectivity index (χ2n) is 8.63. The molecule has 1 unspecified atom stereocenters. The summed E-state index contributed by atoms with van der Waals surface area (Å²) < 4.78 is 18.2. The summed E-state index contributed by atoms with van der Waals surface area (Å²) in [6.07, 6.45) is 0. The van der Waals surface area contributed by atoms with E-state index in [2.05, 4.69) is 39.9 Å². The highest BCUT2D eigenvalue weighted by atomic mass is 79.9. The Hall–Kier alpha value is -3.68. The van der Waals surface area contributed by atoms with Crippen LogP contribution in [0.1, 0.15) is 24.1 Å². The lowest BCUT2D eigenvalue weighted by atomic mass is 9.98. The van der Waals surface area contributed by atoms with E-state index in [0.29, 0.717) is 46.7 Å². The van der Waals surface area contributed by atoms with Crippen LogP contribution < -0.4 is 16.0 Å². The van der Waals surface area contributed by atoms with Gasteiger partial charge in [-0.2, -0.15) is 0 Å². The summed E-state index contributed by atoms with van der Waals surface area (Å²) in [5, 5.41) is 1.40. The minimum absolute atomic E-state index is 0.0977. The molecule has 0 fully saturated rings. The molecule has 6 rings (SSSR count). The molecule has 0 spiro atoms. The molecule has 35 heavy (non-hydrogen) atoms. The molecule has 3 heterocycles. The molecule has 0 amide bonds. The smallest absolute Gasteiger partial charge is 0.344 e. The van der Waals surface area contributed by atoms with Crippen LogP contribution in [0.25, 0.3) is 33.1 Å². The molecule has 1 aliphatic heterocycles. The first-order valence-corrected chi connectivity index (χ1v) is 12.0. The van der Waals surface area contributed by atoms with Crippen LogP contribution in [0.5, 0.6) is 5.75 Å². The van der Waals surface area contributed by atoms with Crippen LogP contribution >= 0.6 is 15.9 Å². The van der Waals surface area contributed by atoms with Crippen molar-refractivity contribution in [3.05, 3.63) is 109 Å².